The minimum absolute atomic E-state index is 0.0171. The Balaban J connectivity index is 2.10. The van der Waals surface area contributed by atoms with Crippen LogP contribution in [0.25, 0.3) is 0 Å². The van der Waals surface area contributed by atoms with Gasteiger partial charge in [-0.3, -0.25) is 9.59 Å². The molecule has 1 aliphatic heterocycles. The molecule has 7 heteroatoms. The van der Waals surface area contributed by atoms with Crippen LogP contribution < -0.4 is 5.32 Å². The Labute approximate surface area is 136 Å². The van der Waals surface area contributed by atoms with Crippen molar-refractivity contribution in [2.75, 3.05) is 24.6 Å². The average Bonchev–Trinajstić information content (AvgIpc) is 2.87. The van der Waals surface area contributed by atoms with E-state index in [0.29, 0.717) is 30.6 Å². The first-order chi connectivity index (χ1) is 10.9. The molecule has 0 radical (unpaired) electrons. The third-order valence-corrected chi connectivity index (χ3v) is 5.76. The van der Waals surface area contributed by atoms with Crippen molar-refractivity contribution in [2.45, 2.75) is 26.3 Å². The molecule has 1 aliphatic rings. The van der Waals surface area contributed by atoms with Crippen LogP contribution in [0.5, 0.6) is 0 Å². The maximum atomic E-state index is 12.3. The van der Waals surface area contributed by atoms with Gasteiger partial charge in [0, 0.05) is 30.3 Å². The molecule has 1 aromatic rings. The Kier molecular flexibility index (Phi) is 5.41. The number of hydrogen-bond acceptors (Lipinski definition) is 4. The first-order valence-corrected chi connectivity index (χ1v) is 9.59. The Morgan fingerprint density at radius 3 is 2.43 bits per heavy atom. The summed E-state index contributed by atoms with van der Waals surface area (Å²) >= 11 is 0. The molecule has 1 unspecified atom stereocenters. The van der Waals surface area contributed by atoms with Gasteiger partial charge in [-0.1, -0.05) is 6.07 Å². The summed E-state index contributed by atoms with van der Waals surface area (Å²) in [5.41, 5.74) is 0.827. The molecule has 0 aromatic heterocycles. The largest absolute Gasteiger partial charge is 0.348 e. The third kappa shape index (κ3) is 4.31. The lowest BCUT2D eigenvalue weighted by atomic mass is 10.1. The van der Waals surface area contributed by atoms with E-state index in [4.69, 9.17) is 0 Å². The summed E-state index contributed by atoms with van der Waals surface area (Å²) < 4.78 is 22.9. The lowest BCUT2D eigenvalue weighted by Crippen LogP contribution is -2.36. The van der Waals surface area contributed by atoms with Crippen LogP contribution >= 0.6 is 0 Å². The zero-order chi connectivity index (χ0) is 17.0. The van der Waals surface area contributed by atoms with Crippen molar-refractivity contribution in [2.24, 2.45) is 0 Å². The summed E-state index contributed by atoms with van der Waals surface area (Å²) in [6.45, 7) is 5.01. The van der Waals surface area contributed by atoms with Crippen LogP contribution in [-0.4, -0.2) is 55.8 Å². The fourth-order valence-electron chi connectivity index (χ4n) is 2.66. The van der Waals surface area contributed by atoms with Gasteiger partial charge >= 0.3 is 0 Å². The van der Waals surface area contributed by atoms with Crippen molar-refractivity contribution in [3.05, 3.63) is 35.4 Å². The topological polar surface area (TPSA) is 83.6 Å². The van der Waals surface area contributed by atoms with Crippen LogP contribution in [0.4, 0.5) is 0 Å². The van der Waals surface area contributed by atoms with Crippen LogP contribution in [0.15, 0.2) is 24.3 Å². The number of hydrogen-bond donors (Lipinski definition) is 1. The molecule has 1 fully saturated rings. The van der Waals surface area contributed by atoms with E-state index < -0.39 is 9.84 Å². The second kappa shape index (κ2) is 7.12. The fourth-order valence-corrected chi connectivity index (χ4v) is 4.34. The highest BCUT2D eigenvalue weighted by atomic mass is 32.2. The van der Waals surface area contributed by atoms with E-state index in [1.807, 2.05) is 13.8 Å². The molecule has 1 N–H and O–H groups in total. The number of nitrogens with zero attached hydrogens (tertiary/aromatic N) is 1. The van der Waals surface area contributed by atoms with E-state index in [2.05, 4.69) is 5.32 Å². The molecule has 1 heterocycles. The summed E-state index contributed by atoms with van der Waals surface area (Å²) in [6, 6.07) is 6.17. The number of carbonyl (C=O) groups excluding carboxylic acids is 2. The highest BCUT2D eigenvalue weighted by Gasteiger charge is 2.29. The molecule has 6 nitrogen and oxygen atoms in total. The highest BCUT2D eigenvalue weighted by Crippen LogP contribution is 2.13. The molecular weight excluding hydrogens is 316 g/mol. The molecule has 1 atom stereocenters. The van der Waals surface area contributed by atoms with Crippen LogP contribution in [-0.2, 0) is 9.84 Å². The van der Waals surface area contributed by atoms with Crippen molar-refractivity contribution < 1.29 is 18.0 Å². The molecule has 23 heavy (non-hydrogen) atoms. The van der Waals surface area contributed by atoms with E-state index in [-0.39, 0.29) is 29.4 Å². The second-order valence-corrected chi connectivity index (χ2v) is 7.86. The predicted octanol–water partition coefficient (Wildman–Crippen LogP) is 1.09. The zero-order valence-corrected chi connectivity index (χ0v) is 14.2. The average molecular weight is 338 g/mol. The molecule has 0 bridgehead atoms. The number of benzene rings is 1. The molecule has 1 saturated heterocycles. The normalized spacial score (nSPS) is 19.3. The van der Waals surface area contributed by atoms with Gasteiger partial charge in [-0.2, -0.15) is 0 Å². The highest BCUT2D eigenvalue weighted by molar-refractivity contribution is 7.91. The van der Waals surface area contributed by atoms with Gasteiger partial charge < -0.3 is 10.2 Å². The van der Waals surface area contributed by atoms with Crippen molar-refractivity contribution >= 4 is 21.7 Å². The molecule has 1 aromatic carbocycles. The zero-order valence-electron chi connectivity index (χ0n) is 13.4. The number of sulfone groups is 1. The van der Waals surface area contributed by atoms with Crippen LogP contribution in [0.2, 0.25) is 0 Å². The maximum absolute atomic E-state index is 12.3. The predicted molar refractivity (Wildman–Crippen MR) is 88.2 cm³/mol. The Morgan fingerprint density at radius 2 is 1.87 bits per heavy atom. The molecule has 0 saturated carbocycles. The summed E-state index contributed by atoms with van der Waals surface area (Å²) in [5, 5.41) is 2.73. The van der Waals surface area contributed by atoms with Crippen LogP contribution in [0, 0.1) is 0 Å². The van der Waals surface area contributed by atoms with Gasteiger partial charge in [0.05, 0.1) is 11.5 Å². The Bertz CT molecular complexity index is 696. The molecule has 2 rings (SSSR count). The Hall–Kier alpha value is -1.89. The minimum Gasteiger partial charge on any atom is -0.348 e. The molecule has 2 amide bonds. The van der Waals surface area contributed by atoms with Crippen molar-refractivity contribution in [1.29, 1.82) is 0 Å². The van der Waals surface area contributed by atoms with Crippen molar-refractivity contribution in [3.63, 3.8) is 0 Å². The van der Waals surface area contributed by atoms with Crippen LogP contribution in [0.3, 0.4) is 0 Å². The van der Waals surface area contributed by atoms with Crippen LogP contribution in [0.1, 0.15) is 41.0 Å². The smallest absolute Gasteiger partial charge is 0.253 e. The van der Waals surface area contributed by atoms with Gasteiger partial charge in [-0.05, 0) is 38.5 Å². The van der Waals surface area contributed by atoms with E-state index in [1.165, 1.54) is 0 Å². The van der Waals surface area contributed by atoms with Crippen molar-refractivity contribution in [1.82, 2.24) is 10.2 Å². The van der Waals surface area contributed by atoms with E-state index in [1.54, 1.807) is 29.2 Å². The standard InChI is InChI=1S/C16H22N2O4S/c1-3-18(4-2)16(20)13-7-5-6-12(10-13)15(19)17-14-8-9-23(21,22)11-14/h5-7,10,14H,3-4,8-9,11H2,1-2H3,(H,17,19). The maximum Gasteiger partial charge on any atom is 0.253 e. The number of amides is 2. The van der Waals surface area contributed by atoms with E-state index >= 15 is 0 Å². The first kappa shape index (κ1) is 17.5. The minimum atomic E-state index is -3.04. The van der Waals surface area contributed by atoms with Gasteiger partial charge in [0.2, 0.25) is 0 Å². The molecular formula is C16H22N2O4S. The SMILES string of the molecule is CCN(CC)C(=O)c1cccc(C(=O)NC2CCS(=O)(=O)C2)c1. The van der Waals surface area contributed by atoms with Gasteiger partial charge in [-0.25, -0.2) is 8.42 Å². The fraction of sp³-hybridized carbons (Fsp3) is 0.500. The molecule has 126 valence electrons. The monoisotopic (exact) mass is 338 g/mol. The quantitative estimate of drug-likeness (QED) is 0.871. The van der Waals surface area contributed by atoms with Gasteiger partial charge in [0.1, 0.15) is 0 Å². The third-order valence-electron chi connectivity index (χ3n) is 3.99. The lowest BCUT2D eigenvalue weighted by Gasteiger charge is -2.19. The molecule has 0 spiro atoms. The summed E-state index contributed by atoms with van der Waals surface area (Å²) in [7, 11) is -3.04. The summed E-state index contributed by atoms with van der Waals surface area (Å²) in [6.07, 6.45) is 0.437. The van der Waals surface area contributed by atoms with E-state index in [9.17, 15) is 18.0 Å². The van der Waals surface area contributed by atoms with E-state index in [0.717, 1.165) is 0 Å². The lowest BCUT2D eigenvalue weighted by molar-refractivity contribution is 0.0773. The second-order valence-electron chi connectivity index (χ2n) is 5.63. The molecule has 0 aliphatic carbocycles. The van der Waals surface area contributed by atoms with Crippen molar-refractivity contribution in [3.8, 4) is 0 Å². The summed E-state index contributed by atoms with van der Waals surface area (Å²) in [5.74, 6) is -0.371. The number of carbonyl (C=O) groups is 2. The first-order valence-electron chi connectivity index (χ1n) is 7.77. The number of nitrogens with one attached hydrogen (secondary N) is 1. The Morgan fingerprint density at radius 1 is 1.22 bits per heavy atom. The van der Waals surface area contributed by atoms with Gasteiger partial charge in [0.25, 0.3) is 11.8 Å². The summed E-state index contributed by atoms with van der Waals surface area (Å²) in [4.78, 5) is 26.3. The van der Waals surface area contributed by atoms with Gasteiger partial charge in [0.15, 0.2) is 9.84 Å². The van der Waals surface area contributed by atoms with Gasteiger partial charge in [-0.15, -0.1) is 0 Å². The number of rotatable bonds is 5.